The van der Waals surface area contributed by atoms with E-state index in [9.17, 15) is 13.2 Å². The summed E-state index contributed by atoms with van der Waals surface area (Å²) in [6.07, 6.45) is 1.45. The van der Waals surface area contributed by atoms with Gasteiger partial charge in [-0.15, -0.1) is 0 Å². The van der Waals surface area contributed by atoms with Crippen molar-refractivity contribution in [3.63, 3.8) is 0 Å². The van der Waals surface area contributed by atoms with Crippen molar-refractivity contribution < 1.29 is 22.7 Å². The Morgan fingerprint density at radius 2 is 2.31 bits per heavy atom. The lowest BCUT2D eigenvalue weighted by atomic mass is 10.5. The minimum Gasteiger partial charge on any atom is -0.480 e. The summed E-state index contributed by atoms with van der Waals surface area (Å²) in [5, 5.41) is 7.05. The van der Waals surface area contributed by atoms with E-state index >= 15 is 0 Å². The lowest BCUT2D eigenvalue weighted by Crippen LogP contribution is -2.37. The number of carboxylic acid groups (broad SMARTS) is 1. The van der Waals surface area contributed by atoms with Crippen LogP contribution < -0.4 is 4.72 Å². The van der Waals surface area contributed by atoms with Gasteiger partial charge < -0.3 is 9.52 Å². The highest BCUT2D eigenvalue weighted by molar-refractivity contribution is 7.90. The van der Waals surface area contributed by atoms with E-state index < -0.39 is 21.2 Å². The van der Waals surface area contributed by atoms with Gasteiger partial charge >= 0.3 is 5.97 Å². The first-order chi connectivity index (χ1) is 7.33. The maximum absolute atomic E-state index is 11.4. The van der Waals surface area contributed by atoms with Gasteiger partial charge in [-0.1, -0.05) is 0 Å². The first-order valence-corrected chi connectivity index (χ1v) is 6.00. The van der Waals surface area contributed by atoms with E-state index in [-0.39, 0.29) is 12.4 Å². The molecule has 0 aliphatic rings. The third-order valence-corrected chi connectivity index (χ3v) is 3.59. The predicted octanol–water partition coefficient (Wildman–Crippen LogP) is -0.124. The van der Waals surface area contributed by atoms with Gasteiger partial charge in [-0.2, -0.15) is 0 Å². The van der Waals surface area contributed by atoms with Crippen LogP contribution in [-0.2, 0) is 21.4 Å². The van der Waals surface area contributed by atoms with Crippen LogP contribution in [0.4, 0.5) is 0 Å². The standard InChI is InChI=1S/C8H12N2O5S/c1-5-3-9-7(15-5)4-10-16(13,14)6(2)8(11)12/h3,6,10H,4H2,1-2H3,(H,11,12). The Kier molecular flexibility index (Phi) is 3.66. The lowest BCUT2D eigenvalue weighted by molar-refractivity contribution is -0.136. The van der Waals surface area contributed by atoms with Crippen molar-refractivity contribution >= 4 is 16.0 Å². The van der Waals surface area contributed by atoms with E-state index in [0.717, 1.165) is 6.92 Å². The average Bonchev–Trinajstić information content (AvgIpc) is 2.60. The molecule has 1 aromatic heterocycles. The van der Waals surface area contributed by atoms with Crippen LogP contribution in [0.5, 0.6) is 0 Å². The second-order valence-corrected chi connectivity index (χ2v) is 5.30. The number of sulfonamides is 1. The lowest BCUT2D eigenvalue weighted by Gasteiger charge is -2.08. The fraction of sp³-hybridized carbons (Fsp3) is 0.500. The highest BCUT2D eigenvalue weighted by Gasteiger charge is 2.27. The highest BCUT2D eigenvalue weighted by atomic mass is 32.2. The molecule has 1 heterocycles. The van der Waals surface area contributed by atoms with E-state index in [4.69, 9.17) is 9.52 Å². The number of aryl methyl sites for hydroxylation is 1. The number of hydrogen-bond donors (Lipinski definition) is 2. The topological polar surface area (TPSA) is 110 Å². The number of rotatable bonds is 5. The molecular weight excluding hydrogens is 236 g/mol. The minimum absolute atomic E-state index is 0.159. The van der Waals surface area contributed by atoms with Crippen LogP contribution in [0.25, 0.3) is 0 Å². The van der Waals surface area contributed by atoms with Crippen LogP contribution in [0.15, 0.2) is 10.6 Å². The molecule has 0 amide bonds. The zero-order valence-corrected chi connectivity index (χ0v) is 9.61. The zero-order chi connectivity index (χ0) is 12.3. The van der Waals surface area contributed by atoms with Crippen molar-refractivity contribution in [3.05, 3.63) is 17.8 Å². The minimum atomic E-state index is -3.90. The number of carboxylic acids is 1. The predicted molar refractivity (Wildman–Crippen MR) is 54.1 cm³/mol. The van der Waals surface area contributed by atoms with E-state index in [1.165, 1.54) is 6.20 Å². The number of nitrogens with one attached hydrogen (secondary N) is 1. The molecule has 1 rings (SSSR count). The van der Waals surface area contributed by atoms with Crippen molar-refractivity contribution in [2.24, 2.45) is 0 Å². The molecule has 1 unspecified atom stereocenters. The molecule has 0 aliphatic heterocycles. The monoisotopic (exact) mass is 248 g/mol. The molecular formula is C8H12N2O5S. The van der Waals surface area contributed by atoms with Crippen LogP contribution in [0, 0.1) is 6.92 Å². The van der Waals surface area contributed by atoms with Crippen molar-refractivity contribution in [2.45, 2.75) is 25.6 Å². The van der Waals surface area contributed by atoms with Crippen LogP contribution in [0.2, 0.25) is 0 Å². The van der Waals surface area contributed by atoms with Gasteiger partial charge in [-0.3, -0.25) is 4.79 Å². The van der Waals surface area contributed by atoms with E-state index in [2.05, 4.69) is 9.71 Å². The summed E-state index contributed by atoms with van der Waals surface area (Å²) in [5.41, 5.74) is 0. The second-order valence-electron chi connectivity index (χ2n) is 3.21. The fourth-order valence-electron chi connectivity index (χ4n) is 0.903. The molecule has 1 atom stereocenters. The maximum Gasteiger partial charge on any atom is 0.323 e. The summed E-state index contributed by atoms with van der Waals surface area (Å²) in [6, 6.07) is 0. The molecule has 0 spiro atoms. The summed E-state index contributed by atoms with van der Waals surface area (Å²) < 4.78 is 29.9. The van der Waals surface area contributed by atoms with Crippen LogP contribution in [0.3, 0.4) is 0 Å². The van der Waals surface area contributed by atoms with E-state index in [0.29, 0.717) is 5.76 Å². The van der Waals surface area contributed by atoms with E-state index in [1.807, 2.05) is 0 Å². The average molecular weight is 248 g/mol. The molecule has 90 valence electrons. The van der Waals surface area contributed by atoms with Gasteiger partial charge in [0.1, 0.15) is 5.76 Å². The first-order valence-electron chi connectivity index (χ1n) is 4.45. The van der Waals surface area contributed by atoms with E-state index in [1.54, 1.807) is 6.92 Å². The van der Waals surface area contributed by atoms with Crippen molar-refractivity contribution in [1.82, 2.24) is 9.71 Å². The van der Waals surface area contributed by atoms with Gasteiger partial charge in [-0.25, -0.2) is 18.1 Å². The van der Waals surface area contributed by atoms with Gasteiger partial charge in [0, 0.05) is 0 Å². The third-order valence-electron chi connectivity index (χ3n) is 1.91. The maximum atomic E-state index is 11.4. The van der Waals surface area contributed by atoms with Crippen molar-refractivity contribution in [3.8, 4) is 0 Å². The summed E-state index contributed by atoms with van der Waals surface area (Å²) in [7, 11) is -3.90. The smallest absolute Gasteiger partial charge is 0.323 e. The molecule has 0 bridgehead atoms. The number of oxazole rings is 1. The van der Waals surface area contributed by atoms with Gasteiger partial charge in [0.15, 0.2) is 5.25 Å². The first kappa shape index (κ1) is 12.7. The zero-order valence-electron chi connectivity index (χ0n) is 8.80. The molecule has 16 heavy (non-hydrogen) atoms. The number of nitrogens with zero attached hydrogens (tertiary/aromatic N) is 1. The molecule has 2 N–H and O–H groups in total. The summed E-state index contributed by atoms with van der Waals surface area (Å²) in [6.45, 7) is 2.60. The molecule has 0 aromatic carbocycles. The Hall–Kier alpha value is -1.41. The Balaban J connectivity index is 2.65. The Labute approximate surface area is 92.5 Å². The molecule has 1 aromatic rings. The summed E-state index contributed by atoms with van der Waals surface area (Å²) in [4.78, 5) is 14.3. The van der Waals surface area contributed by atoms with Gasteiger partial charge in [-0.05, 0) is 13.8 Å². The Morgan fingerprint density at radius 3 is 2.75 bits per heavy atom. The molecule has 0 saturated carbocycles. The third kappa shape index (κ3) is 3.04. The number of aliphatic carboxylic acids is 1. The molecule has 0 radical (unpaired) electrons. The molecule has 0 saturated heterocycles. The van der Waals surface area contributed by atoms with Crippen LogP contribution in [-0.4, -0.2) is 29.7 Å². The SMILES string of the molecule is Cc1cnc(CNS(=O)(=O)C(C)C(=O)O)o1. The van der Waals surface area contributed by atoms with Crippen LogP contribution in [0.1, 0.15) is 18.6 Å². The highest BCUT2D eigenvalue weighted by Crippen LogP contribution is 2.04. The number of hydrogen-bond acceptors (Lipinski definition) is 5. The van der Waals surface area contributed by atoms with Crippen molar-refractivity contribution in [1.29, 1.82) is 0 Å². The molecule has 0 aliphatic carbocycles. The van der Waals surface area contributed by atoms with Gasteiger partial charge in [0.25, 0.3) is 0 Å². The van der Waals surface area contributed by atoms with Crippen molar-refractivity contribution in [2.75, 3.05) is 0 Å². The molecule has 8 heteroatoms. The quantitative estimate of drug-likeness (QED) is 0.751. The normalized spacial score (nSPS) is 13.6. The molecule has 7 nitrogen and oxygen atoms in total. The largest absolute Gasteiger partial charge is 0.480 e. The van der Waals surface area contributed by atoms with Crippen LogP contribution >= 0.6 is 0 Å². The summed E-state index contributed by atoms with van der Waals surface area (Å²) in [5.74, 6) is -0.657. The Bertz CT molecular complexity index is 478. The number of carbonyl (C=O) groups is 1. The molecule has 0 fully saturated rings. The number of aromatic nitrogens is 1. The Morgan fingerprint density at radius 1 is 1.69 bits per heavy atom. The summed E-state index contributed by atoms with van der Waals surface area (Å²) >= 11 is 0. The van der Waals surface area contributed by atoms with Gasteiger partial charge in [0.05, 0.1) is 12.7 Å². The second kappa shape index (κ2) is 4.62. The van der Waals surface area contributed by atoms with Gasteiger partial charge in [0.2, 0.25) is 15.9 Å². The fourth-order valence-corrected chi connectivity index (χ4v) is 1.74.